The van der Waals surface area contributed by atoms with Crippen molar-refractivity contribution < 1.29 is 0 Å². The van der Waals surface area contributed by atoms with Gasteiger partial charge in [-0.1, -0.05) is 91.0 Å². The lowest BCUT2D eigenvalue weighted by molar-refractivity contribution is 0.833. The van der Waals surface area contributed by atoms with Crippen LogP contribution < -0.4 is 0 Å². The third-order valence-corrected chi connectivity index (χ3v) is 8.84. The van der Waals surface area contributed by atoms with Crippen molar-refractivity contribution in [2.75, 3.05) is 6.54 Å². The highest BCUT2D eigenvalue weighted by Crippen LogP contribution is 2.39. The highest BCUT2D eigenvalue weighted by Gasteiger charge is 2.14. The molecule has 7 aromatic rings. The Labute approximate surface area is 266 Å². The minimum atomic E-state index is -0.188. The van der Waals surface area contributed by atoms with E-state index in [-0.39, 0.29) is 5.92 Å². The number of fused-ring (bicyclic) bond motifs is 6. The van der Waals surface area contributed by atoms with Crippen LogP contribution >= 0.6 is 0 Å². The number of pyridine rings is 1. The van der Waals surface area contributed by atoms with Crippen molar-refractivity contribution in [3.05, 3.63) is 145 Å². The molecule has 4 nitrogen and oxygen atoms in total. The van der Waals surface area contributed by atoms with Crippen LogP contribution in [0.5, 0.6) is 0 Å². The van der Waals surface area contributed by atoms with Gasteiger partial charge in [-0.25, -0.2) is 0 Å². The highest BCUT2D eigenvalue weighted by atomic mass is 14.7. The summed E-state index contributed by atoms with van der Waals surface area (Å²) in [6, 6.07) is 45.4. The van der Waals surface area contributed by atoms with Gasteiger partial charge in [0.05, 0.1) is 24.1 Å². The van der Waals surface area contributed by atoms with Crippen molar-refractivity contribution >= 4 is 44.1 Å². The monoisotopic (exact) mass is 586 g/mol. The van der Waals surface area contributed by atoms with Crippen LogP contribution in [0.15, 0.2) is 139 Å². The third kappa shape index (κ3) is 4.80. The summed E-state index contributed by atoms with van der Waals surface area (Å²) in [6.07, 6.45) is 7.28. The number of nitriles is 2. The maximum atomic E-state index is 9.41. The van der Waals surface area contributed by atoms with Gasteiger partial charge in [0.15, 0.2) is 0 Å². The summed E-state index contributed by atoms with van der Waals surface area (Å²) in [4.78, 5) is 8.67. The third-order valence-electron chi connectivity index (χ3n) is 8.84. The van der Waals surface area contributed by atoms with Crippen LogP contribution in [0.1, 0.15) is 11.1 Å². The van der Waals surface area contributed by atoms with Gasteiger partial charge in [-0.05, 0) is 102 Å². The zero-order valence-corrected chi connectivity index (χ0v) is 24.9. The molecule has 8 rings (SSSR count). The number of dihydropyridines is 1. The Balaban J connectivity index is 1.24. The molecule has 0 saturated heterocycles. The van der Waals surface area contributed by atoms with Gasteiger partial charge in [-0.2, -0.15) is 10.5 Å². The molecule has 0 N–H and O–H groups in total. The smallest absolute Gasteiger partial charge is 0.101 e. The van der Waals surface area contributed by atoms with Crippen LogP contribution in [0.2, 0.25) is 0 Å². The molecule has 1 aromatic heterocycles. The maximum Gasteiger partial charge on any atom is 0.101 e. The first-order chi connectivity index (χ1) is 22.7. The first-order valence-electron chi connectivity index (χ1n) is 15.2. The van der Waals surface area contributed by atoms with E-state index in [1.807, 2.05) is 18.4 Å². The van der Waals surface area contributed by atoms with Crippen LogP contribution in [-0.4, -0.2) is 17.7 Å². The number of hydrogen-bond acceptors (Lipinski definition) is 4. The SMILES string of the molecule is N#Cc1cncc(-c2cccc(-c3ccc4c5ccc(-c6cccc(C7=CC(C#N)CN=C7)c6)cc5c5ccccc5c4c3)c2)c1. The first kappa shape index (κ1) is 27.2. The Hall–Kier alpha value is -6.36. The molecule has 46 heavy (non-hydrogen) atoms. The van der Waals surface area contributed by atoms with Crippen LogP contribution in [0.4, 0.5) is 0 Å². The van der Waals surface area contributed by atoms with Crippen LogP contribution in [0, 0.1) is 28.6 Å². The molecule has 214 valence electrons. The van der Waals surface area contributed by atoms with Crippen molar-refractivity contribution in [1.82, 2.24) is 4.98 Å². The van der Waals surface area contributed by atoms with Gasteiger partial charge in [0.2, 0.25) is 0 Å². The minimum Gasteiger partial charge on any atom is -0.291 e. The molecule has 6 aromatic carbocycles. The zero-order valence-electron chi connectivity index (χ0n) is 24.9. The lowest BCUT2D eigenvalue weighted by Crippen LogP contribution is -2.05. The molecular weight excluding hydrogens is 560 g/mol. The summed E-state index contributed by atoms with van der Waals surface area (Å²) in [5.41, 5.74) is 9.08. The summed E-state index contributed by atoms with van der Waals surface area (Å²) in [5, 5.41) is 26.0. The van der Waals surface area contributed by atoms with Gasteiger partial charge in [0, 0.05) is 24.2 Å². The van der Waals surface area contributed by atoms with Gasteiger partial charge in [-0.15, -0.1) is 0 Å². The average molecular weight is 587 g/mol. The molecule has 4 heteroatoms. The molecule has 1 atom stereocenters. The number of nitrogens with zero attached hydrogens (tertiary/aromatic N) is 4. The highest BCUT2D eigenvalue weighted by molar-refractivity contribution is 6.26. The number of rotatable bonds is 4. The first-order valence-corrected chi connectivity index (χ1v) is 15.2. The number of aliphatic imine (C=N–C) groups is 1. The topological polar surface area (TPSA) is 72.8 Å². The molecule has 0 fully saturated rings. The predicted octanol–water partition coefficient (Wildman–Crippen LogP) is 10.0. The fourth-order valence-electron chi connectivity index (χ4n) is 6.56. The van der Waals surface area contributed by atoms with Gasteiger partial charge < -0.3 is 0 Å². The lowest BCUT2D eigenvalue weighted by atomic mass is 9.89. The van der Waals surface area contributed by atoms with Crippen molar-refractivity contribution in [3.63, 3.8) is 0 Å². The molecule has 0 saturated carbocycles. The average Bonchev–Trinajstić information content (AvgIpc) is 3.14. The predicted molar refractivity (Wildman–Crippen MR) is 188 cm³/mol. The van der Waals surface area contributed by atoms with Gasteiger partial charge in [0.1, 0.15) is 6.07 Å². The van der Waals surface area contributed by atoms with Crippen LogP contribution in [0.25, 0.3) is 71.3 Å². The van der Waals surface area contributed by atoms with E-state index in [9.17, 15) is 10.5 Å². The summed E-state index contributed by atoms with van der Waals surface area (Å²) < 4.78 is 0. The number of benzene rings is 6. The molecule has 1 aliphatic heterocycles. The maximum absolute atomic E-state index is 9.41. The fourth-order valence-corrected chi connectivity index (χ4v) is 6.56. The largest absolute Gasteiger partial charge is 0.291 e. The Morgan fingerprint density at radius 1 is 0.522 bits per heavy atom. The standard InChI is InChI=1S/C42H26N4/c43-21-27-15-35(25-45-23-27)31-7-3-5-29(17-31)33-11-13-39-40-14-12-34(20-42(40)38-10-2-1-9-37(38)41(39)19-33)30-6-4-8-32(18-30)36-16-28(22-44)24-46-26-36/h1-20,23,25-26,28H,24H2. The molecule has 0 bridgehead atoms. The number of hydrogen-bond donors (Lipinski definition) is 0. The molecule has 1 aliphatic rings. The van der Waals surface area contributed by atoms with Gasteiger partial charge in [-0.3, -0.25) is 9.98 Å². The summed E-state index contributed by atoms with van der Waals surface area (Å²) >= 11 is 0. The second kappa shape index (κ2) is 11.3. The van der Waals surface area contributed by atoms with E-state index in [1.54, 1.807) is 12.4 Å². The van der Waals surface area contributed by atoms with Crippen molar-refractivity contribution in [2.24, 2.45) is 10.9 Å². The fraction of sp³-hybridized carbons (Fsp3) is 0.0476. The lowest BCUT2D eigenvalue weighted by Gasteiger charge is -2.15. The van der Waals surface area contributed by atoms with Crippen molar-refractivity contribution in [1.29, 1.82) is 10.5 Å². The van der Waals surface area contributed by atoms with E-state index in [0.717, 1.165) is 44.5 Å². The number of aromatic nitrogens is 1. The normalized spacial score (nSPS) is 14.2. The van der Waals surface area contributed by atoms with Crippen LogP contribution in [-0.2, 0) is 0 Å². The second-order valence-electron chi connectivity index (χ2n) is 11.7. The molecule has 1 unspecified atom stereocenters. The van der Waals surface area contributed by atoms with Gasteiger partial charge in [0.25, 0.3) is 0 Å². The van der Waals surface area contributed by atoms with E-state index < -0.39 is 0 Å². The van der Waals surface area contributed by atoms with E-state index in [0.29, 0.717) is 12.1 Å². The van der Waals surface area contributed by atoms with Crippen molar-refractivity contribution in [3.8, 4) is 45.5 Å². The molecule has 0 amide bonds. The Kier molecular flexibility index (Phi) is 6.68. The quantitative estimate of drug-likeness (QED) is 0.193. The Morgan fingerprint density at radius 2 is 1.09 bits per heavy atom. The van der Waals surface area contributed by atoms with E-state index in [1.165, 1.54) is 32.3 Å². The number of allylic oxidation sites excluding steroid dienone is 1. The molecule has 0 aliphatic carbocycles. The van der Waals surface area contributed by atoms with Crippen molar-refractivity contribution in [2.45, 2.75) is 0 Å². The van der Waals surface area contributed by atoms with E-state index in [4.69, 9.17) is 0 Å². The molecule has 2 heterocycles. The Bertz CT molecular complexity index is 2470. The minimum absolute atomic E-state index is 0.188. The zero-order chi connectivity index (χ0) is 31.0. The second-order valence-corrected chi connectivity index (χ2v) is 11.7. The van der Waals surface area contributed by atoms with Crippen LogP contribution in [0.3, 0.4) is 0 Å². The molecule has 0 spiro atoms. The van der Waals surface area contributed by atoms with Gasteiger partial charge >= 0.3 is 0 Å². The summed E-state index contributed by atoms with van der Waals surface area (Å²) in [5.74, 6) is -0.188. The summed E-state index contributed by atoms with van der Waals surface area (Å²) in [6.45, 7) is 0.523. The van der Waals surface area contributed by atoms with E-state index >= 15 is 0 Å². The molecule has 0 radical (unpaired) electrons. The van der Waals surface area contributed by atoms with E-state index in [2.05, 4.69) is 131 Å². The Morgan fingerprint density at radius 3 is 1.72 bits per heavy atom. The summed E-state index contributed by atoms with van der Waals surface area (Å²) in [7, 11) is 0. The molecular formula is C42H26N4.